The third kappa shape index (κ3) is 6.05. The monoisotopic (exact) mass is 457 g/mol. The van der Waals surface area contributed by atoms with Crippen molar-refractivity contribution in [3.05, 3.63) is 59.4 Å². The Morgan fingerprint density at radius 1 is 1.03 bits per heavy atom. The number of benzene rings is 2. The van der Waals surface area contributed by atoms with Crippen LogP contribution in [0.15, 0.2) is 41.3 Å². The second-order valence-electron chi connectivity index (χ2n) is 6.53. The van der Waals surface area contributed by atoms with Gasteiger partial charge < -0.3 is 10.2 Å². The summed E-state index contributed by atoms with van der Waals surface area (Å²) in [6, 6.07) is 6.86. The summed E-state index contributed by atoms with van der Waals surface area (Å²) in [6.45, 7) is 3.19. The quantitative estimate of drug-likeness (QED) is 0.566. The van der Waals surface area contributed by atoms with E-state index in [1.54, 1.807) is 13.8 Å². The van der Waals surface area contributed by atoms with Crippen molar-refractivity contribution in [3.8, 4) is 0 Å². The number of sulfonamides is 1. The molecule has 0 aliphatic heterocycles. The van der Waals surface area contributed by atoms with Gasteiger partial charge in [-0.2, -0.15) is 0 Å². The van der Waals surface area contributed by atoms with Crippen molar-refractivity contribution in [3.63, 3.8) is 0 Å². The molecule has 0 saturated heterocycles. The van der Waals surface area contributed by atoms with E-state index in [9.17, 15) is 31.2 Å². The maximum Gasteiger partial charge on any atom is 0.254 e. The fraction of sp³-hybridized carbons (Fsp3) is 0.300. The molecule has 2 aromatic carbocycles. The minimum absolute atomic E-state index is 0.0410. The number of amides is 2. The summed E-state index contributed by atoms with van der Waals surface area (Å²) in [7, 11) is -3.79. The third-order valence-electron chi connectivity index (χ3n) is 4.15. The van der Waals surface area contributed by atoms with Gasteiger partial charge in [0.15, 0.2) is 17.5 Å². The highest BCUT2D eigenvalue weighted by Gasteiger charge is 2.22. The predicted molar refractivity (Wildman–Crippen MR) is 108 cm³/mol. The van der Waals surface area contributed by atoms with Crippen molar-refractivity contribution in [1.82, 2.24) is 9.62 Å². The summed E-state index contributed by atoms with van der Waals surface area (Å²) in [5, 5.41) is 2.11. The fourth-order valence-corrected chi connectivity index (χ4v) is 3.85. The maximum atomic E-state index is 13.8. The summed E-state index contributed by atoms with van der Waals surface area (Å²) in [6.07, 6.45) is 0.480. The number of halogens is 3. The fourth-order valence-electron chi connectivity index (χ4n) is 2.76. The van der Waals surface area contributed by atoms with E-state index in [-0.39, 0.29) is 23.5 Å². The molecule has 0 radical (unpaired) electrons. The van der Waals surface area contributed by atoms with Crippen molar-refractivity contribution in [2.45, 2.75) is 25.2 Å². The van der Waals surface area contributed by atoms with Crippen LogP contribution in [0, 0.1) is 17.5 Å². The van der Waals surface area contributed by atoms with Gasteiger partial charge in [-0.15, -0.1) is 0 Å². The molecule has 0 saturated carbocycles. The summed E-state index contributed by atoms with van der Waals surface area (Å²) in [4.78, 5) is 26.2. The van der Waals surface area contributed by atoms with Crippen LogP contribution in [-0.2, 0) is 14.8 Å². The van der Waals surface area contributed by atoms with Crippen LogP contribution >= 0.6 is 0 Å². The van der Waals surface area contributed by atoms with Crippen LogP contribution in [0.4, 0.5) is 18.9 Å². The zero-order valence-corrected chi connectivity index (χ0v) is 17.7. The number of hydrogen-bond donors (Lipinski definition) is 2. The van der Waals surface area contributed by atoms with E-state index in [0.29, 0.717) is 12.5 Å². The lowest BCUT2D eigenvalue weighted by Gasteiger charge is -2.22. The number of carbonyl (C=O) groups excluding carboxylic acids is 2. The van der Waals surface area contributed by atoms with E-state index in [1.165, 1.54) is 24.3 Å². The molecule has 0 atom stereocenters. The maximum absolute atomic E-state index is 13.8. The SMILES string of the molecule is CCCN(CC(=O)Nc1ccc(F)c(F)c1F)C(=O)c1cccc(S(=O)(=O)NCC)c1. The van der Waals surface area contributed by atoms with Crippen molar-refractivity contribution < 1.29 is 31.2 Å². The Balaban J connectivity index is 2.21. The highest BCUT2D eigenvalue weighted by atomic mass is 32.2. The Morgan fingerprint density at radius 3 is 2.39 bits per heavy atom. The van der Waals surface area contributed by atoms with Crippen LogP contribution in [0.1, 0.15) is 30.6 Å². The first kappa shape index (κ1) is 24.4. The zero-order valence-electron chi connectivity index (χ0n) is 16.9. The van der Waals surface area contributed by atoms with E-state index >= 15 is 0 Å². The molecule has 168 valence electrons. The van der Waals surface area contributed by atoms with Crippen LogP contribution < -0.4 is 10.0 Å². The molecule has 0 aliphatic carbocycles. The molecule has 0 spiro atoms. The molecule has 7 nitrogen and oxygen atoms in total. The third-order valence-corrected chi connectivity index (χ3v) is 5.69. The van der Waals surface area contributed by atoms with Gasteiger partial charge in [0.05, 0.1) is 10.6 Å². The van der Waals surface area contributed by atoms with Gasteiger partial charge >= 0.3 is 0 Å². The van der Waals surface area contributed by atoms with E-state index in [4.69, 9.17) is 0 Å². The molecule has 0 unspecified atom stereocenters. The van der Waals surface area contributed by atoms with Crippen molar-refractivity contribution in [2.24, 2.45) is 0 Å². The van der Waals surface area contributed by atoms with Crippen LogP contribution in [0.2, 0.25) is 0 Å². The average molecular weight is 457 g/mol. The minimum atomic E-state index is -3.79. The Bertz CT molecular complexity index is 1080. The lowest BCUT2D eigenvalue weighted by atomic mass is 10.2. The lowest BCUT2D eigenvalue weighted by Crippen LogP contribution is -2.38. The first-order valence-corrected chi connectivity index (χ1v) is 10.9. The van der Waals surface area contributed by atoms with Crippen LogP contribution in [0.25, 0.3) is 0 Å². The molecule has 0 aromatic heterocycles. The second kappa shape index (κ2) is 10.4. The molecular weight excluding hydrogens is 435 g/mol. The number of anilines is 1. The minimum Gasteiger partial charge on any atom is -0.329 e. The molecule has 11 heteroatoms. The van der Waals surface area contributed by atoms with Crippen molar-refractivity contribution >= 4 is 27.5 Å². The van der Waals surface area contributed by atoms with E-state index in [1.807, 2.05) is 0 Å². The first-order chi connectivity index (χ1) is 14.6. The molecule has 31 heavy (non-hydrogen) atoms. The number of carbonyl (C=O) groups is 2. The summed E-state index contributed by atoms with van der Waals surface area (Å²) < 4.78 is 66.8. The van der Waals surface area contributed by atoms with Gasteiger partial charge in [0, 0.05) is 18.7 Å². The average Bonchev–Trinajstić information content (AvgIpc) is 2.73. The Hall–Kier alpha value is -2.92. The molecule has 2 rings (SSSR count). The molecule has 2 N–H and O–H groups in total. The molecule has 0 heterocycles. The van der Waals surface area contributed by atoms with E-state index in [0.717, 1.165) is 11.0 Å². The normalized spacial score (nSPS) is 11.3. The molecular formula is C20H22F3N3O4S. The number of nitrogens with zero attached hydrogens (tertiary/aromatic N) is 1. The Morgan fingerprint density at radius 2 is 1.74 bits per heavy atom. The van der Waals surface area contributed by atoms with E-state index < -0.39 is 51.5 Å². The van der Waals surface area contributed by atoms with Gasteiger partial charge in [-0.25, -0.2) is 26.3 Å². The summed E-state index contributed by atoms with van der Waals surface area (Å²) in [5.41, 5.74) is -0.522. The molecule has 2 aromatic rings. The predicted octanol–water partition coefficient (Wildman–Crippen LogP) is 2.89. The zero-order chi connectivity index (χ0) is 23.2. The van der Waals surface area contributed by atoms with Crippen molar-refractivity contribution in [2.75, 3.05) is 25.0 Å². The van der Waals surface area contributed by atoms with Crippen LogP contribution in [-0.4, -0.2) is 44.8 Å². The number of nitrogens with one attached hydrogen (secondary N) is 2. The molecule has 0 bridgehead atoms. The number of hydrogen-bond acceptors (Lipinski definition) is 4. The van der Waals surface area contributed by atoms with Crippen molar-refractivity contribution in [1.29, 1.82) is 0 Å². The van der Waals surface area contributed by atoms with Gasteiger partial charge in [-0.1, -0.05) is 19.9 Å². The topological polar surface area (TPSA) is 95.6 Å². The van der Waals surface area contributed by atoms with E-state index in [2.05, 4.69) is 10.0 Å². The van der Waals surface area contributed by atoms with Gasteiger partial charge in [-0.3, -0.25) is 9.59 Å². The summed E-state index contributed by atoms with van der Waals surface area (Å²) in [5.74, 6) is -6.12. The second-order valence-corrected chi connectivity index (χ2v) is 8.29. The standard InChI is InChI=1S/C20H22F3N3O4S/c1-3-10-26(12-17(27)25-16-9-8-15(21)18(22)19(16)23)20(28)13-6-5-7-14(11-13)31(29,30)24-4-2/h5-9,11,24H,3-4,10,12H2,1-2H3,(H,25,27). The molecule has 0 fully saturated rings. The highest BCUT2D eigenvalue weighted by Crippen LogP contribution is 2.20. The largest absolute Gasteiger partial charge is 0.329 e. The van der Waals surface area contributed by atoms with Gasteiger partial charge in [0.1, 0.15) is 6.54 Å². The smallest absolute Gasteiger partial charge is 0.254 e. The Kier molecular flexibility index (Phi) is 8.17. The number of rotatable bonds is 9. The first-order valence-electron chi connectivity index (χ1n) is 9.43. The van der Waals surface area contributed by atoms with Gasteiger partial charge in [0.2, 0.25) is 15.9 Å². The molecule has 0 aliphatic rings. The highest BCUT2D eigenvalue weighted by molar-refractivity contribution is 7.89. The van der Waals surface area contributed by atoms with Gasteiger partial charge in [-0.05, 0) is 36.8 Å². The Labute approximate surface area is 178 Å². The van der Waals surface area contributed by atoms with Gasteiger partial charge in [0.25, 0.3) is 5.91 Å². The molecule has 2 amide bonds. The van der Waals surface area contributed by atoms with Crippen LogP contribution in [0.3, 0.4) is 0 Å². The lowest BCUT2D eigenvalue weighted by molar-refractivity contribution is -0.116. The summed E-state index contributed by atoms with van der Waals surface area (Å²) >= 11 is 0. The van der Waals surface area contributed by atoms with Crippen LogP contribution in [0.5, 0.6) is 0 Å².